The Hall–Kier alpha value is -1.82. The Bertz CT molecular complexity index is 748. The average Bonchev–Trinajstić information content (AvgIpc) is 2.94. The van der Waals surface area contributed by atoms with Crippen molar-refractivity contribution < 1.29 is 19.1 Å². The normalized spacial score (nSPS) is 15.9. The summed E-state index contributed by atoms with van der Waals surface area (Å²) in [5, 5.41) is -0.678. The number of amides is 1. The zero-order valence-electron chi connectivity index (χ0n) is 17.5. The predicted molar refractivity (Wildman–Crippen MR) is 109 cm³/mol. The van der Waals surface area contributed by atoms with Crippen LogP contribution in [-0.2, 0) is 16.1 Å². The van der Waals surface area contributed by atoms with Crippen molar-refractivity contribution in [2.75, 3.05) is 13.7 Å². The molecule has 1 aliphatic rings. The molecule has 1 atom stereocenters. The molecular formula is C21H31ClN2O4. The number of hydrogen-bond donors (Lipinski definition) is 0. The van der Waals surface area contributed by atoms with Crippen molar-refractivity contribution >= 4 is 29.3 Å². The Morgan fingerprint density at radius 1 is 1.21 bits per heavy atom. The molecule has 1 aliphatic carbocycles. The Labute approximate surface area is 172 Å². The first-order valence-corrected chi connectivity index (χ1v) is 10.4. The van der Waals surface area contributed by atoms with Crippen LogP contribution in [0.25, 0.3) is 0 Å². The lowest BCUT2D eigenvalue weighted by molar-refractivity contribution is -0.132. The number of halogens is 1. The minimum Gasteiger partial charge on any atom is -0.464 e. The van der Waals surface area contributed by atoms with Crippen molar-refractivity contribution in [1.82, 2.24) is 9.47 Å². The summed E-state index contributed by atoms with van der Waals surface area (Å²) >= 11 is 6.08. The fourth-order valence-electron chi connectivity index (χ4n) is 4.30. The maximum absolute atomic E-state index is 13.3. The van der Waals surface area contributed by atoms with Crippen LogP contribution in [0.1, 0.15) is 78.1 Å². The first-order chi connectivity index (χ1) is 13.2. The Kier molecular flexibility index (Phi) is 7.70. The predicted octanol–water partition coefficient (Wildman–Crippen LogP) is 3.88. The van der Waals surface area contributed by atoms with E-state index in [-0.39, 0.29) is 24.3 Å². The molecule has 6 nitrogen and oxygen atoms in total. The van der Waals surface area contributed by atoms with Gasteiger partial charge < -0.3 is 14.2 Å². The van der Waals surface area contributed by atoms with Crippen LogP contribution in [0.15, 0.2) is 0 Å². The van der Waals surface area contributed by atoms with Gasteiger partial charge in [-0.05, 0) is 46.1 Å². The summed E-state index contributed by atoms with van der Waals surface area (Å²) in [5.41, 5.74) is 2.22. The van der Waals surface area contributed by atoms with Gasteiger partial charge in [-0.25, -0.2) is 4.79 Å². The molecule has 1 amide bonds. The molecule has 1 unspecified atom stereocenters. The minimum atomic E-state index is -0.678. The van der Waals surface area contributed by atoms with Crippen molar-refractivity contribution in [2.45, 2.75) is 77.8 Å². The molecular weight excluding hydrogens is 380 g/mol. The lowest BCUT2D eigenvalue weighted by Gasteiger charge is -2.34. The van der Waals surface area contributed by atoms with Gasteiger partial charge in [-0.2, -0.15) is 0 Å². The van der Waals surface area contributed by atoms with Crippen molar-refractivity contribution in [2.24, 2.45) is 0 Å². The Morgan fingerprint density at radius 3 is 2.32 bits per heavy atom. The van der Waals surface area contributed by atoms with Gasteiger partial charge in [0.1, 0.15) is 11.1 Å². The molecule has 1 saturated carbocycles. The quantitative estimate of drug-likeness (QED) is 0.388. The lowest BCUT2D eigenvalue weighted by atomic mass is 9.93. The molecule has 0 aliphatic heterocycles. The molecule has 28 heavy (non-hydrogen) atoms. The van der Waals surface area contributed by atoms with Crippen LogP contribution in [0.4, 0.5) is 0 Å². The van der Waals surface area contributed by atoms with E-state index in [1.54, 1.807) is 23.3 Å². The van der Waals surface area contributed by atoms with Gasteiger partial charge in [0, 0.05) is 23.8 Å². The highest BCUT2D eigenvalue weighted by atomic mass is 35.5. The molecule has 7 heteroatoms. The standard InChI is InChI=1S/C21H31ClN2O4/c1-6-23-15(4)18(13(2)19(23)21(27)28-5)17(25)12-24(20(26)14(3)22)16-10-8-7-9-11-16/h14,16H,6-12H2,1-5H3. The molecule has 0 radical (unpaired) electrons. The summed E-state index contributed by atoms with van der Waals surface area (Å²) in [6.07, 6.45) is 5.04. The number of rotatable bonds is 7. The van der Waals surface area contributed by atoms with Crippen molar-refractivity contribution in [3.63, 3.8) is 0 Å². The summed E-state index contributed by atoms with van der Waals surface area (Å²) < 4.78 is 6.70. The number of methoxy groups -OCH3 is 1. The average molecular weight is 411 g/mol. The number of Topliss-reactive ketones (excluding diaryl/α,β-unsaturated/α-hetero) is 1. The van der Waals surface area contributed by atoms with E-state index in [9.17, 15) is 14.4 Å². The van der Waals surface area contributed by atoms with Crippen molar-refractivity contribution in [3.8, 4) is 0 Å². The number of carbonyl (C=O) groups is 3. The zero-order chi connectivity index (χ0) is 21.0. The fourth-order valence-corrected chi connectivity index (χ4v) is 4.43. The van der Waals surface area contributed by atoms with Gasteiger partial charge in [-0.3, -0.25) is 9.59 Å². The van der Waals surface area contributed by atoms with E-state index >= 15 is 0 Å². The van der Waals surface area contributed by atoms with E-state index in [1.165, 1.54) is 7.11 Å². The van der Waals surface area contributed by atoms with Gasteiger partial charge in [0.15, 0.2) is 5.78 Å². The molecule has 2 rings (SSSR count). The van der Waals surface area contributed by atoms with Gasteiger partial charge in [-0.1, -0.05) is 19.3 Å². The third-order valence-corrected chi connectivity index (χ3v) is 5.88. The van der Waals surface area contributed by atoms with E-state index in [1.807, 2.05) is 13.8 Å². The second-order valence-electron chi connectivity index (χ2n) is 7.47. The molecule has 156 valence electrons. The summed E-state index contributed by atoms with van der Waals surface area (Å²) in [5.74, 6) is -0.833. The van der Waals surface area contributed by atoms with Gasteiger partial charge in [-0.15, -0.1) is 11.6 Å². The van der Waals surface area contributed by atoms with Crippen LogP contribution in [0.3, 0.4) is 0 Å². The summed E-state index contributed by atoms with van der Waals surface area (Å²) in [4.78, 5) is 39.9. The molecule has 0 aromatic carbocycles. The Morgan fingerprint density at radius 2 is 1.82 bits per heavy atom. The number of hydrogen-bond acceptors (Lipinski definition) is 4. The highest BCUT2D eigenvalue weighted by Crippen LogP contribution is 2.27. The smallest absolute Gasteiger partial charge is 0.354 e. The van der Waals surface area contributed by atoms with E-state index < -0.39 is 11.3 Å². The van der Waals surface area contributed by atoms with E-state index in [4.69, 9.17) is 16.3 Å². The number of aromatic nitrogens is 1. The van der Waals surface area contributed by atoms with Crippen LogP contribution in [0.5, 0.6) is 0 Å². The number of carbonyl (C=O) groups excluding carboxylic acids is 3. The first-order valence-electron chi connectivity index (χ1n) is 10.00. The SMILES string of the molecule is CCn1c(C)c(C(=O)CN(C(=O)C(C)Cl)C2CCCCC2)c(C)c1C(=O)OC. The van der Waals surface area contributed by atoms with Crippen molar-refractivity contribution in [3.05, 3.63) is 22.5 Å². The van der Waals surface area contributed by atoms with Gasteiger partial charge in [0.05, 0.1) is 13.7 Å². The summed E-state index contributed by atoms with van der Waals surface area (Å²) in [6, 6.07) is 0.0420. The monoisotopic (exact) mass is 410 g/mol. The molecule has 1 aromatic rings. The van der Waals surface area contributed by atoms with E-state index in [0.717, 1.165) is 37.8 Å². The van der Waals surface area contributed by atoms with Crippen LogP contribution >= 0.6 is 11.6 Å². The molecule has 0 saturated heterocycles. The summed E-state index contributed by atoms with van der Waals surface area (Å²) in [6.45, 7) is 7.68. The van der Waals surface area contributed by atoms with Crippen molar-refractivity contribution in [1.29, 1.82) is 0 Å². The Balaban J connectivity index is 2.39. The van der Waals surface area contributed by atoms with Crippen LogP contribution in [0.2, 0.25) is 0 Å². The third-order valence-electron chi connectivity index (χ3n) is 5.69. The maximum atomic E-state index is 13.3. The maximum Gasteiger partial charge on any atom is 0.354 e. The summed E-state index contributed by atoms with van der Waals surface area (Å²) in [7, 11) is 1.33. The van der Waals surface area contributed by atoms with Crippen LogP contribution in [0, 0.1) is 13.8 Å². The topological polar surface area (TPSA) is 68.6 Å². The number of alkyl halides is 1. The second kappa shape index (κ2) is 9.59. The number of ketones is 1. The van der Waals surface area contributed by atoms with E-state index in [0.29, 0.717) is 23.4 Å². The largest absolute Gasteiger partial charge is 0.464 e. The molecule has 1 heterocycles. The van der Waals surface area contributed by atoms with Crippen LogP contribution < -0.4 is 0 Å². The highest BCUT2D eigenvalue weighted by Gasteiger charge is 2.32. The second-order valence-corrected chi connectivity index (χ2v) is 8.12. The zero-order valence-corrected chi connectivity index (χ0v) is 18.3. The van der Waals surface area contributed by atoms with Gasteiger partial charge in [0.2, 0.25) is 5.91 Å². The molecule has 1 aromatic heterocycles. The van der Waals surface area contributed by atoms with Crippen LogP contribution in [-0.4, -0.2) is 52.2 Å². The van der Waals surface area contributed by atoms with Gasteiger partial charge >= 0.3 is 5.97 Å². The molecule has 0 bridgehead atoms. The highest BCUT2D eigenvalue weighted by molar-refractivity contribution is 6.30. The molecule has 0 N–H and O–H groups in total. The number of ether oxygens (including phenoxy) is 1. The lowest BCUT2D eigenvalue weighted by Crippen LogP contribution is -2.47. The molecule has 1 fully saturated rings. The number of esters is 1. The van der Waals surface area contributed by atoms with Gasteiger partial charge in [0.25, 0.3) is 0 Å². The minimum absolute atomic E-state index is 0.0173. The number of nitrogens with zero attached hydrogens (tertiary/aromatic N) is 2. The first kappa shape index (κ1) is 22.5. The van der Waals surface area contributed by atoms with E-state index in [2.05, 4.69) is 0 Å². The molecule has 0 spiro atoms. The third kappa shape index (κ3) is 4.43. The fraction of sp³-hybridized carbons (Fsp3) is 0.667.